The van der Waals surface area contributed by atoms with Crippen LogP contribution in [0.1, 0.15) is 31.0 Å². The summed E-state index contributed by atoms with van der Waals surface area (Å²) in [5, 5.41) is 0. The van der Waals surface area contributed by atoms with Crippen molar-refractivity contribution in [2.45, 2.75) is 26.7 Å². The van der Waals surface area contributed by atoms with E-state index in [1.807, 2.05) is 20.8 Å². The fourth-order valence-corrected chi connectivity index (χ4v) is 2.07. The average Bonchev–Trinajstić information content (AvgIpc) is 2.29. The van der Waals surface area contributed by atoms with E-state index in [-0.39, 0.29) is 5.92 Å². The molecule has 0 saturated carbocycles. The topological polar surface area (TPSA) is 12.9 Å². The van der Waals surface area contributed by atoms with E-state index in [2.05, 4.69) is 4.98 Å². The van der Waals surface area contributed by atoms with Crippen molar-refractivity contribution in [3.63, 3.8) is 0 Å². The second-order valence-electron chi connectivity index (χ2n) is 4.73. The van der Waals surface area contributed by atoms with E-state index in [4.69, 9.17) is 38.8 Å². The first kappa shape index (κ1) is 15.7. The second-order valence-corrected chi connectivity index (χ2v) is 4.73. The van der Waals surface area contributed by atoms with Gasteiger partial charge in [-0.2, -0.15) is 0 Å². The molecule has 11 radical (unpaired) electrons. The highest BCUT2D eigenvalue weighted by Crippen LogP contribution is 2.08. The van der Waals surface area contributed by atoms with Crippen LogP contribution in [0.5, 0.6) is 0 Å². The lowest BCUT2D eigenvalue weighted by atomic mass is 9.01. The predicted molar refractivity (Wildman–Crippen MR) is 88.0 cm³/mol. The summed E-state index contributed by atoms with van der Waals surface area (Å²) < 4.78 is 0. The molecule has 18 heavy (non-hydrogen) atoms. The third-order valence-corrected chi connectivity index (χ3v) is 3.02. The Morgan fingerprint density at radius 1 is 1.17 bits per heavy atom. The molecule has 1 rings (SSSR count). The van der Waals surface area contributed by atoms with Crippen molar-refractivity contribution in [1.29, 1.82) is 0 Å². The summed E-state index contributed by atoms with van der Waals surface area (Å²) in [5.41, 5.74) is 3.52. The molecule has 9 heteroatoms. The van der Waals surface area contributed by atoms with Gasteiger partial charge in [0.15, 0.2) is 0 Å². The molecule has 0 aliphatic carbocycles. The number of pyridine rings is 1. The summed E-state index contributed by atoms with van der Waals surface area (Å²) in [6, 6.07) is 0. The third-order valence-electron chi connectivity index (χ3n) is 3.02. The molecule has 75 valence electrons. The minimum absolute atomic E-state index is 0.159. The Bertz CT molecular complexity index is 433. The summed E-state index contributed by atoms with van der Waals surface area (Å²) in [5.74, 6) is 0.159. The first-order chi connectivity index (χ1) is 8.31. The van der Waals surface area contributed by atoms with E-state index in [0.29, 0.717) is 5.59 Å². The molecule has 1 heterocycles. The third kappa shape index (κ3) is 2.97. The van der Waals surface area contributed by atoms with Gasteiger partial charge < -0.3 is 0 Å². The van der Waals surface area contributed by atoms with Crippen molar-refractivity contribution in [1.82, 2.24) is 4.98 Å². The van der Waals surface area contributed by atoms with Crippen molar-refractivity contribution >= 4 is 75.4 Å². The number of hydrogen-bond acceptors (Lipinski definition) is 1. The lowest BCUT2D eigenvalue weighted by Gasteiger charge is -2.26. The van der Waals surface area contributed by atoms with Gasteiger partial charge in [-0.15, -0.1) is 5.46 Å². The summed E-state index contributed by atoms with van der Waals surface area (Å²) in [7, 11) is 30.5. The number of hydrogen-bond donors (Lipinski definition) is 0. The van der Waals surface area contributed by atoms with Gasteiger partial charge in [0.05, 0.1) is 13.0 Å². The van der Waals surface area contributed by atoms with E-state index >= 15 is 0 Å². The summed E-state index contributed by atoms with van der Waals surface area (Å²) in [4.78, 5) is 4.40. The highest BCUT2D eigenvalue weighted by Gasteiger charge is 2.22. The van der Waals surface area contributed by atoms with Crippen molar-refractivity contribution in [2.24, 2.45) is 0 Å². The fourth-order valence-electron chi connectivity index (χ4n) is 2.07. The van der Waals surface area contributed by atoms with Gasteiger partial charge in [0.2, 0.25) is 0 Å². The lowest BCUT2D eigenvalue weighted by molar-refractivity contribution is 0.835. The number of nitrogens with zero attached hydrogens (tertiary/aromatic N) is 1. The van der Waals surface area contributed by atoms with Gasteiger partial charge in [0.25, 0.3) is 0 Å². The number of aromatic nitrogens is 1. The Labute approximate surface area is 118 Å². The molecule has 0 aliphatic rings. The summed E-state index contributed by atoms with van der Waals surface area (Å²) in [6.07, 6.45) is 0. The predicted octanol–water partition coefficient (Wildman–Crippen LogP) is -3.01. The van der Waals surface area contributed by atoms with Crippen molar-refractivity contribution < 1.29 is 0 Å². The SMILES string of the molecule is [B][B]B([B])c1c(C(C)C)nc([B])c(C)c1B([B])[B]. The quantitative estimate of drug-likeness (QED) is 0.491. The Balaban J connectivity index is 3.63. The molecule has 0 aliphatic heterocycles. The van der Waals surface area contributed by atoms with Crippen LogP contribution in [-0.4, -0.2) is 63.8 Å². The Morgan fingerprint density at radius 3 is 2.11 bits per heavy atom. The molecule has 0 N–H and O–H groups in total. The van der Waals surface area contributed by atoms with Crippen LogP contribution in [0.2, 0.25) is 0 Å². The van der Waals surface area contributed by atoms with Gasteiger partial charge >= 0.3 is 0 Å². The maximum atomic E-state index is 6.02. The van der Waals surface area contributed by atoms with Crippen LogP contribution in [-0.2, 0) is 0 Å². The van der Waals surface area contributed by atoms with Crippen LogP contribution in [0, 0.1) is 6.92 Å². The standard InChI is InChI=1S/C9H10B8N/c1-4(2)8-7(17(14)15-11)6(16(12)13)5(3)9(10)18-8/h4H,1-3H3. The zero-order valence-corrected chi connectivity index (χ0v) is 11.1. The minimum Gasteiger partial charge on any atom is -0.270 e. The van der Waals surface area contributed by atoms with E-state index in [9.17, 15) is 0 Å². The average molecular weight is 219 g/mol. The van der Waals surface area contributed by atoms with Gasteiger partial charge in [-0.1, -0.05) is 19.3 Å². The molecule has 0 fully saturated rings. The first-order valence-electron chi connectivity index (χ1n) is 5.92. The van der Waals surface area contributed by atoms with Gasteiger partial charge in [-0.05, 0) is 24.0 Å². The Hall–Kier alpha value is -0.331. The van der Waals surface area contributed by atoms with Gasteiger partial charge in [-0.25, -0.2) is 0 Å². The zero-order chi connectivity index (χ0) is 14.0. The normalized spacial score (nSPS) is 10.4. The molecule has 0 amide bonds. The molecule has 0 atom stereocenters. The van der Waals surface area contributed by atoms with Crippen LogP contribution in [0.15, 0.2) is 0 Å². The van der Waals surface area contributed by atoms with Crippen molar-refractivity contribution in [3.05, 3.63) is 11.3 Å². The van der Waals surface area contributed by atoms with E-state index in [1.165, 1.54) is 7.06 Å². The molecular weight excluding hydrogens is 209 g/mol. The highest BCUT2D eigenvalue weighted by atomic mass is 14.7. The van der Waals surface area contributed by atoms with Crippen LogP contribution < -0.4 is 16.5 Å². The van der Waals surface area contributed by atoms with Gasteiger partial charge in [0.1, 0.15) is 7.85 Å². The van der Waals surface area contributed by atoms with Crippen LogP contribution in [0.4, 0.5) is 0 Å². The smallest absolute Gasteiger partial charge is 0.142 e. The fraction of sp³-hybridized carbons (Fsp3) is 0.444. The molecule has 0 saturated heterocycles. The van der Waals surface area contributed by atoms with Crippen molar-refractivity contribution in [3.8, 4) is 0 Å². The molecular formula is C9H10B8N. The monoisotopic (exact) mass is 220 g/mol. The van der Waals surface area contributed by atoms with Gasteiger partial charge in [-0.3, -0.25) is 4.98 Å². The summed E-state index contributed by atoms with van der Waals surface area (Å²) >= 11 is 0. The van der Waals surface area contributed by atoms with E-state index < -0.39 is 13.0 Å². The second kappa shape index (κ2) is 6.21. The highest BCUT2D eigenvalue weighted by molar-refractivity contribution is 7.52. The molecule has 0 spiro atoms. The first-order valence-corrected chi connectivity index (χ1v) is 5.92. The molecule has 1 aromatic rings. The maximum absolute atomic E-state index is 6.02. The Kier molecular flexibility index (Phi) is 5.43. The zero-order valence-electron chi connectivity index (χ0n) is 11.1. The Morgan fingerprint density at radius 2 is 1.72 bits per heavy atom. The van der Waals surface area contributed by atoms with Crippen molar-refractivity contribution in [2.75, 3.05) is 0 Å². The van der Waals surface area contributed by atoms with E-state index in [0.717, 1.165) is 22.2 Å². The summed E-state index contributed by atoms with van der Waals surface area (Å²) in [6.45, 7) is 4.74. The molecule has 0 aromatic carbocycles. The lowest BCUT2D eigenvalue weighted by Crippen LogP contribution is -2.58. The largest absolute Gasteiger partial charge is 0.270 e. The van der Waals surface area contributed by atoms with Crippen LogP contribution >= 0.6 is 0 Å². The van der Waals surface area contributed by atoms with Crippen LogP contribution in [0.25, 0.3) is 0 Å². The van der Waals surface area contributed by atoms with E-state index in [1.54, 1.807) is 0 Å². The van der Waals surface area contributed by atoms with Crippen LogP contribution in [0.3, 0.4) is 0 Å². The van der Waals surface area contributed by atoms with Gasteiger partial charge in [0, 0.05) is 43.7 Å². The molecule has 0 unspecified atom stereocenters. The number of rotatable bonds is 4. The molecule has 1 aromatic heterocycles. The minimum atomic E-state index is -0.659. The molecule has 1 nitrogen and oxygen atoms in total. The maximum Gasteiger partial charge on any atom is 0.142 e. The molecule has 0 bridgehead atoms.